The fourth-order valence-electron chi connectivity index (χ4n) is 9.14. The lowest BCUT2D eigenvalue weighted by Gasteiger charge is -2.23. The van der Waals surface area contributed by atoms with Crippen molar-refractivity contribution in [2.75, 3.05) is 53.7 Å². The van der Waals surface area contributed by atoms with Gasteiger partial charge >= 0.3 is 0 Å². The fourth-order valence-corrected chi connectivity index (χ4v) is 9.14. The zero-order valence-corrected chi connectivity index (χ0v) is 36.3. The number of carbonyl (C=O) groups is 4. The van der Waals surface area contributed by atoms with Gasteiger partial charge < -0.3 is 38.2 Å². The number of unbranched alkanes of at least 4 members (excludes halogenated alkanes) is 4. The molecule has 4 heterocycles. The van der Waals surface area contributed by atoms with Gasteiger partial charge in [-0.15, -0.1) is 0 Å². The number of ether oxygens (including phenoxy) is 6. The van der Waals surface area contributed by atoms with Crippen molar-refractivity contribution in [2.24, 2.45) is 9.98 Å². The van der Waals surface area contributed by atoms with Crippen LogP contribution in [0.4, 0.5) is 11.4 Å². The van der Waals surface area contributed by atoms with Gasteiger partial charge in [0.2, 0.25) is 0 Å². The molecule has 2 fully saturated rings. The molecule has 0 unspecified atom stereocenters. The predicted molar refractivity (Wildman–Crippen MR) is 240 cm³/mol. The molecule has 2 amide bonds. The van der Waals surface area contributed by atoms with Crippen LogP contribution in [-0.4, -0.2) is 111 Å². The van der Waals surface area contributed by atoms with E-state index in [0.29, 0.717) is 107 Å². The van der Waals surface area contributed by atoms with Crippen molar-refractivity contribution in [3.63, 3.8) is 0 Å². The highest BCUT2D eigenvalue weighted by molar-refractivity contribution is 6.30. The van der Waals surface area contributed by atoms with Gasteiger partial charge in [0.25, 0.3) is 11.8 Å². The molecule has 0 N–H and O–H groups in total. The van der Waals surface area contributed by atoms with E-state index in [1.165, 1.54) is 0 Å². The normalized spacial score (nSPS) is 18.0. The van der Waals surface area contributed by atoms with Crippen LogP contribution in [0.25, 0.3) is 0 Å². The molecule has 0 spiro atoms. The second-order valence-electron chi connectivity index (χ2n) is 16.5. The highest BCUT2D eigenvalue weighted by Crippen LogP contribution is 2.41. The Bertz CT molecular complexity index is 2360. The molecular weight excluding hydrogens is 817 g/mol. The van der Waals surface area contributed by atoms with Crippen LogP contribution in [0.2, 0.25) is 0 Å². The van der Waals surface area contributed by atoms with Gasteiger partial charge in [0.15, 0.2) is 34.6 Å². The molecule has 2 saturated heterocycles. The van der Waals surface area contributed by atoms with Gasteiger partial charge in [0.1, 0.15) is 11.5 Å². The third-order valence-electron chi connectivity index (χ3n) is 12.5. The summed E-state index contributed by atoms with van der Waals surface area (Å²) in [7, 11) is 3.12. The van der Waals surface area contributed by atoms with Crippen LogP contribution in [-0.2, 0) is 0 Å². The van der Waals surface area contributed by atoms with Crippen LogP contribution in [0.3, 0.4) is 0 Å². The average Bonchev–Trinajstić information content (AvgIpc) is 3.96. The molecule has 14 nitrogen and oxygen atoms in total. The van der Waals surface area contributed by atoms with E-state index < -0.39 is 0 Å². The number of carbonyl (C=O) groups excluding carboxylic acids is 4. The van der Waals surface area contributed by atoms with E-state index in [9.17, 15) is 19.2 Å². The van der Waals surface area contributed by atoms with Crippen molar-refractivity contribution >= 4 is 47.2 Å². The van der Waals surface area contributed by atoms with Gasteiger partial charge in [-0.25, -0.2) is 0 Å². The minimum atomic E-state index is -0.277. The van der Waals surface area contributed by atoms with Crippen LogP contribution >= 0.6 is 0 Å². The molecule has 0 radical (unpaired) electrons. The summed E-state index contributed by atoms with van der Waals surface area (Å²) in [5.41, 5.74) is 3.31. The van der Waals surface area contributed by atoms with Crippen molar-refractivity contribution < 1.29 is 47.6 Å². The Kier molecular flexibility index (Phi) is 12.6. The first-order valence-corrected chi connectivity index (χ1v) is 22.4. The smallest absolute Gasteiger partial charge is 0.256 e. The summed E-state index contributed by atoms with van der Waals surface area (Å²) < 4.78 is 35.8. The Labute approximate surface area is 372 Å². The zero-order valence-electron chi connectivity index (χ0n) is 36.3. The van der Waals surface area contributed by atoms with E-state index in [0.717, 1.165) is 64.5 Å². The molecule has 5 aliphatic rings. The topological polar surface area (TPSA) is 155 Å². The number of methoxy groups -OCH3 is 2. The summed E-state index contributed by atoms with van der Waals surface area (Å²) in [6.45, 7) is 2.94. The zero-order chi connectivity index (χ0) is 44.2. The van der Waals surface area contributed by atoms with Gasteiger partial charge in [-0.1, -0.05) is 24.3 Å². The maximum Gasteiger partial charge on any atom is 0.256 e. The van der Waals surface area contributed by atoms with Gasteiger partial charge in [-0.2, -0.15) is 0 Å². The third kappa shape index (κ3) is 8.40. The average molecular weight is 869 g/mol. The largest absolute Gasteiger partial charge is 0.493 e. The van der Waals surface area contributed by atoms with Crippen LogP contribution in [0.15, 0.2) is 70.6 Å². The lowest BCUT2D eigenvalue weighted by atomic mass is 9.83. The highest BCUT2D eigenvalue weighted by atomic mass is 16.5. The molecular formula is C50H52N4O10. The second-order valence-corrected chi connectivity index (χ2v) is 16.5. The summed E-state index contributed by atoms with van der Waals surface area (Å²) in [4.78, 5) is 67.3. The molecule has 4 aromatic rings. The van der Waals surface area contributed by atoms with Crippen LogP contribution in [0.1, 0.15) is 117 Å². The molecule has 0 saturated carbocycles. The first-order valence-electron chi connectivity index (χ1n) is 22.4. The van der Waals surface area contributed by atoms with Gasteiger partial charge in [0, 0.05) is 48.8 Å². The number of hydrogen-bond acceptors (Lipinski definition) is 12. The Morgan fingerprint density at radius 1 is 0.500 bits per heavy atom. The van der Waals surface area contributed by atoms with Gasteiger partial charge in [0.05, 0.1) is 86.4 Å². The lowest BCUT2D eigenvalue weighted by molar-refractivity contribution is 0.0766. The van der Waals surface area contributed by atoms with Crippen molar-refractivity contribution in [3.05, 3.63) is 94.0 Å². The number of benzene rings is 4. The maximum atomic E-state index is 13.9. The summed E-state index contributed by atoms with van der Waals surface area (Å²) in [6, 6.07) is 17.3. The Balaban J connectivity index is 0.772. The maximum absolute atomic E-state index is 13.9. The minimum Gasteiger partial charge on any atom is -0.493 e. The van der Waals surface area contributed by atoms with Crippen molar-refractivity contribution in [2.45, 2.75) is 76.3 Å². The third-order valence-corrected chi connectivity index (χ3v) is 12.5. The van der Waals surface area contributed by atoms with E-state index in [2.05, 4.69) is 9.98 Å². The van der Waals surface area contributed by atoms with E-state index in [-0.39, 0.29) is 46.6 Å². The molecule has 1 aliphatic carbocycles. The second kappa shape index (κ2) is 19.0. The SMILES string of the molecule is COc1cc2c(cc1OCCCCCOc1ccc(OCCCCCOc3cc4c(cc3OC)C(=O)N3CCC[C@H]3C=N4)c3c1C(=O)c1ccccc1C3=O)N=C[C@@H]1CCCN1C2=O. The molecule has 14 heteroatoms. The molecule has 2 atom stereocenters. The molecule has 0 bridgehead atoms. The van der Waals surface area contributed by atoms with Crippen LogP contribution < -0.4 is 28.4 Å². The minimum absolute atomic E-state index is 0.0196. The monoisotopic (exact) mass is 868 g/mol. The Morgan fingerprint density at radius 3 is 1.31 bits per heavy atom. The first-order chi connectivity index (χ1) is 31.3. The molecule has 4 aromatic carbocycles. The van der Waals surface area contributed by atoms with Crippen LogP contribution in [0, 0.1) is 0 Å². The van der Waals surface area contributed by atoms with Gasteiger partial charge in [-0.3, -0.25) is 29.2 Å². The number of nitrogens with zero attached hydrogens (tertiary/aromatic N) is 4. The Morgan fingerprint density at radius 2 is 0.906 bits per heavy atom. The molecule has 4 aliphatic heterocycles. The quantitative estimate of drug-likeness (QED) is 0.0785. The van der Waals surface area contributed by atoms with Crippen molar-refractivity contribution in [3.8, 4) is 34.5 Å². The van der Waals surface area contributed by atoms with Gasteiger partial charge in [-0.05, 0) is 88.5 Å². The summed E-state index contributed by atoms with van der Waals surface area (Å²) >= 11 is 0. The van der Waals surface area contributed by atoms with E-state index >= 15 is 0 Å². The molecule has 9 rings (SSSR count). The van der Waals surface area contributed by atoms with Crippen LogP contribution in [0.5, 0.6) is 34.5 Å². The van der Waals surface area contributed by atoms with E-state index in [1.807, 2.05) is 22.2 Å². The Hall–Kier alpha value is -6.70. The standard InChI is InChI=1S/C50H52N4O10/c1-59-41-25-35-37(51-29-31-13-11-19-53(31)49(35)57)27-43(41)63-23-9-3-7-21-61-39-17-18-40(46-45(39)47(55)33-15-5-6-16-34(33)48(46)56)62-22-8-4-10-24-64-44-28-38-36(26-42(44)60-2)50(58)54-20-12-14-32(54)30-52-38/h5-6,15-18,25-32H,3-4,7-14,19-24H2,1-2H3/t31-,32-/m0/s1. The number of ketones is 2. The highest BCUT2D eigenvalue weighted by Gasteiger charge is 2.36. The number of hydrogen-bond donors (Lipinski definition) is 0. The lowest BCUT2D eigenvalue weighted by Crippen LogP contribution is -2.35. The van der Waals surface area contributed by atoms with Crippen molar-refractivity contribution in [1.82, 2.24) is 9.80 Å². The fraction of sp³-hybridized carbons (Fsp3) is 0.400. The molecule has 64 heavy (non-hydrogen) atoms. The summed E-state index contributed by atoms with van der Waals surface area (Å²) in [5.74, 6) is 2.10. The van der Waals surface area contributed by atoms with E-state index in [4.69, 9.17) is 28.4 Å². The number of rotatable bonds is 18. The number of fused-ring (bicyclic) bond motifs is 6. The number of amides is 2. The number of aliphatic imine (C=N–C) groups is 2. The summed E-state index contributed by atoms with van der Waals surface area (Å²) in [5, 5.41) is 0. The predicted octanol–water partition coefficient (Wildman–Crippen LogP) is 8.38. The van der Waals surface area contributed by atoms with Crippen molar-refractivity contribution in [1.29, 1.82) is 0 Å². The first kappa shape index (κ1) is 42.6. The molecule has 0 aromatic heterocycles. The molecule has 332 valence electrons. The summed E-state index contributed by atoms with van der Waals surface area (Å²) in [6.07, 6.45) is 11.8. The van der Waals surface area contributed by atoms with E-state index in [1.54, 1.807) is 74.9 Å².